The molecule has 0 fully saturated rings. The van der Waals surface area contributed by atoms with Gasteiger partial charge in [-0.3, -0.25) is 0 Å². The molecule has 9 heteroatoms. The molecule has 0 aliphatic carbocycles. The second-order valence-electron chi connectivity index (χ2n) is 3.87. The van der Waals surface area contributed by atoms with Crippen molar-refractivity contribution < 1.29 is 4.74 Å². The summed E-state index contributed by atoms with van der Waals surface area (Å²) in [5, 5.41) is 10.0. The molecule has 0 aliphatic heterocycles. The summed E-state index contributed by atoms with van der Waals surface area (Å²) in [6.07, 6.45) is 2.95. The summed E-state index contributed by atoms with van der Waals surface area (Å²) >= 11 is 0. The van der Waals surface area contributed by atoms with Crippen LogP contribution in [0.5, 0.6) is 0 Å². The molecule has 2 aromatic rings. The van der Waals surface area contributed by atoms with Crippen molar-refractivity contribution in [2.24, 2.45) is 0 Å². The molecular weight excluding hydrogens is 248 g/mol. The predicted molar refractivity (Wildman–Crippen MR) is 69.3 cm³/mol. The number of rotatable bonds is 6. The molecule has 0 amide bonds. The van der Waals surface area contributed by atoms with E-state index in [1.165, 1.54) is 17.3 Å². The van der Waals surface area contributed by atoms with Crippen molar-refractivity contribution in [2.75, 3.05) is 31.4 Å². The monoisotopic (exact) mass is 264 g/mol. The molecule has 2 N–H and O–H groups in total. The number of nitrogens with one attached hydrogen (secondary N) is 2. The van der Waals surface area contributed by atoms with Crippen molar-refractivity contribution in [3.63, 3.8) is 0 Å². The topological polar surface area (TPSA) is 103 Å². The maximum absolute atomic E-state index is 5.06. The average Bonchev–Trinajstić information content (AvgIpc) is 2.92. The van der Waals surface area contributed by atoms with Crippen LogP contribution in [0.25, 0.3) is 5.95 Å². The maximum atomic E-state index is 5.06. The van der Waals surface area contributed by atoms with Crippen molar-refractivity contribution in [1.82, 2.24) is 29.7 Å². The molecule has 0 aromatic carbocycles. The summed E-state index contributed by atoms with van der Waals surface area (Å²) in [4.78, 5) is 16.6. The van der Waals surface area contributed by atoms with Gasteiger partial charge in [-0.2, -0.15) is 24.7 Å². The number of ether oxygens (including phenoxy) is 1. The molecule has 0 bridgehead atoms. The minimum atomic E-state index is 0.0840. The number of aromatic nitrogens is 6. The molecule has 9 nitrogen and oxygen atoms in total. The Labute approximate surface area is 110 Å². The Kier molecular flexibility index (Phi) is 4.18. The highest BCUT2D eigenvalue weighted by molar-refractivity contribution is 5.37. The molecular formula is C10H16N8O. The fraction of sp³-hybridized carbons (Fsp3) is 0.500. The van der Waals surface area contributed by atoms with Gasteiger partial charge in [0.1, 0.15) is 12.7 Å². The van der Waals surface area contributed by atoms with Crippen LogP contribution in [0.15, 0.2) is 12.7 Å². The van der Waals surface area contributed by atoms with E-state index in [0.29, 0.717) is 24.5 Å². The van der Waals surface area contributed by atoms with Gasteiger partial charge >= 0.3 is 0 Å². The lowest BCUT2D eigenvalue weighted by molar-refractivity contribution is 0.190. The molecule has 19 heavy (non-hydrogen) atoms. The van der Waals surface area contributed by atoms with Crippen molar-refractivity contribution in [1.29, 1.82) is 0 Å². The highest BCUT2D eigenvalue weighted by Gasteiger charge is 2.10. The molecule has 1 unspecified atom stereocenters. The van der Waals surface area contributed by atoms with Gasteiger partial charge in [0.15, 0.2) is 0 Å². The molecule has 0 aliphatic rings. The van der Waals surface area contributed by atoms with E-state index in [1.54, 1.807) is 14.2 Å². The average molecular weight is 264 g/mol. The second kappa shape index (κ2) is 6.05. The van der Waals surface area contributed by atoms with E-state index in [1.807, 2.05) is 6.92 Å². The number of methoxy groups -OCH3 is 1. The maximum Gasteiger partial charge on any atom is 0.258 e. The fourth-order valence-corrected chi connectivity index (χ4v) is 1.47. The highest BCUT2D eigenvalue weighted by Crippen LogP contribution is 2.08. The molecule has 0 saturated carbocycles. The molecule has 0 radical (unpaired) electrons. The first-order valence-corrected chi connectivity index (χ1v) is 5.77. The Bertz CT molecular complexity index is 514. The lowest BCUT2D eigenvalue weighted by Crippen LogP contribution is -2.23. The summed E-state index contributed by atoms with van der Waals surface area (Å²) in [6.45, 7) is 2.53. The Morgan fingerprint density at radius 2 is 2.11 bits per heavy atom. The van der Waals surface area contributed by atoms with E-state index in [0.717, 1.165) is 0 Å². The van der Waals surface area contributed by atoms with Gasteiger partial charge in [-0.15, -0.1) is 0 Å². The minimum absolute atomic E-state index is 0.0840. The van der Waals surface area contributed by atoms with Crippen LogP contribution in [0.3, 0.4) is 0 Å². The Balaban J connectivity index is 2.26. The summed E-state index contributed by atoms with van der Waals surface area (Å²) in [7, 11) is 3.38. The Hall–Kier alpha value is -2.29. The van der Waals surface area contributed by atoms with E-state index in [2.05, 4.69) is 35.7 Å². The Morgan fingerprint density at radius 1 is 1.32 bits per heavy atom. The van der Waals surface area contributed by atoms with E-state index in [-0.39, 0.29) is 6.04 Å². The van der Waals surface area contributed by atoms with Gasteiger partial charge in [-0.25, -0.2) is 4.98 Å². The molecule has 0 saturated heterocycles. The first-order chi connectivity index (χ1) is 9.22. The molecule has 2 rings (SSSR count). The van der Waals surface area contributed by atoms with Crippen molar-refractivity contribution in [3.05, 3.63) is 12.7 Å². The highest BCUT2D eigenvalue weighted by atomic mass is 16.5. The molecule has 1 atom stereocenters. The van der Waals surface area contributed by atoms with Gasteiger partial charge in [0, 0.05) is 20.2 Å². The van der Waals surface area contributed by atoms with Gasteiger partial charge in [0.05, 0.1) is 6.61 Å². The fourth-order valence-electron chi connectivity index (χ4n) is 1.47. The van der Waals surface area contributed by atoms with E-state index in [4.69, 9.17) is 4.74 Å². The Morgan fingerprint density at radius 3 is 2.74 bits per heavy atom. The zero-order chi connectivity index (χ0) is 13.7. The van der Waals surface area contributed by atoms with Crippen molar-refractivity contribution >= 4 is 11.9 Å². The molecule has 2 aromatic heterocycles. The summed E-state index contributed by atoms with van der Waals surface area (Å²) in [5.74, 6) is 1.30. The summed E-state index contributed by atoms with van der Waals surface area (Å²) < 4.78 is 6.52. The second-order valence-corrected chi connectivity index (χ2v) is 3.87. The van der Waals surface area contributed by atoms with Gasteiger partial charge in [-0.1, -0.05) is 0 Å². The first kappa shape index (κ1) is 13.1. The van der Waals surface area contributed by atoms with Crippen LogP contribution in [-0.4, -0.2) is 56.5 Å². The lowest BCUT2D eigenvalue weighted by Gasteiger charge is -2.13. The lowest BCUT2D eigenvalue weighted by atomic mass is 10.4. The van der Waals surface area contributed by atoms with E-state index in [9.17, 15) is 0 Å². The number of anilines is 2. The van der Waals surface area contributed by atoms with Crippen LogP contribution < -0.4 is 10.6 Å². The third-order valence-corrected chi connectivity index (χ3v) is 2.26. The zero-order valence-electron chi connectivity index (χ0n) is 11.0. The third-order valence-electron chi connectivity index (χ3n) is 2.26. The predicted octanol–water partition coefficient (Wildman–Crippen LogP) is -0.0592. The van der Waals surface area contributed by atoms with Crippen LogP contribution in [0.2, 0.25) is 0 Å². The molecule has 2 heterocycles. The van der Waals surface area contributed by atoms with Crippen molar-refractivity contribution in [3.8, 4) is 5.95 Å². The van der Waals surface area contributed by atoms with Crippen LogP contribution in [0.1, 0.15) is 6.92 Å². The van der Waals surface area contributed by atoms with E-state index < -0.39 is 0 Å². The standard InChI is InChI=1S/C10H16N8O/c1-7(4-19-3)14-9-15-8(11-2)16-10(17-9)18-6-12-5-13-18/h5-7H,4H2,1-3H3,(H2,11,14,15,16,17). The summed E-state index contributed by atoms with van der Waals surface area (Å²) in [6, 6.07) is 0.0840. The largest absolute Gasteiger partial charge is 0.383 e. The number of hydrogen-bond donors (Lipinski definition) is 2. The van der Waals surface area contributed by atoms with E-state index >= 15 is 0 Å². The van der Waals surface area contributed by atoms with Gasteiger partial charge in [-0.05, 0) is 6.92 Å². The van der Waals surface area contributed by atoms with Crippen LogP contribution >= 0.6 is 0 Å². The van der Waals surface area contributed by atoms with Gasteiger partial charge < -0.3 is 15.4 Å². The summed E-state index contributed by atoms with van der Waals surface area (Å²) in [5.41, 5.74) is 0. The van der Waals surface area contributed by atoms with Gasteiger partial charge in [0.25, 0.3) is 5.95 Å². The van der Waals surface area contributed by atoms with Crippen LogP contribution in [0, 0.1) is 0 Å². The third kappa shape index (κ3) is 3.35. The van der Waals surface area contributed by atoms with Crippen LogP contribution in [0.4, 0.5) is 11.9 Å². The van der Waals surface area contributed by atoms with Gasteiger partial charge in [0.2, 0.25) is 11.9 Å². The van der Waals surface area contributed by atoms with Crippen molar-refractivity contribution in [2.45, 2.75) is 13.0 Å². The number of nitrogens with zero attached hydrogens (tertiary/aromatic N) is 6. The quantitative estimate of drug-likeness (QED) is 0.748. The SMILES string of the molecule is CNc1nc(NC(C)COC)nc(-n2cncn2)n1. The zero-order valence-corrected chi connectivity index (χ0v) is 11.0. The van der Waals surface area contributed by atoms with Crippen LogP contribution in [-0.2, 0) is 4.74 Å². The normalized spacial score (nSPS) is 12.2. The smallest absolute Gasteiger partial charge is 0.258 e. The molecule has 102 valence electrons. The minimum Gasteiger partial charge on any atom is -0.383 e. The first-order valence-electron chi connectivity index (χ1n) is 5.77. The molecule has 0 spiro atoms. The number of hydrogen-bond acceptors (Lipinski definition) is 8.